The molecule has 0 aromatic heterocycles. The molecule has 1 aromatic carbocycles. The van der Waals surface area contributed by atoms with Gasteiger partial charge in [-0.1, -0.05) is 6.07 Å². The van der Waals surface area contributed by atoms with Crippen molar-refractivity contribution in [2.24, 2.45) is 5.84 Å². The van der Waals surface area contributed by atoms with E-state index in [4.69, 9.17) is 17.6 Å². The van der Waals surface area contributed by atoms with Crippen molar-refractivity contribution >= 4 is 23.2 Å². The first kappa shape index (κ1) is 8.76. The van der Waals surface area contributed by atoms with Crippen LogP contribution in [0.25, 0.3) is 0 Å². The Hall–Kier alpha value is -1.33. The molecule has 0 aliphatic rings. The molecule has 64 valence electrons. The predicted octanol–water partition coefficient (Wildman–Crippen LogP) is 1.43. The zero-order chi connectivity index (χ0) is 9.14. The summed E-state index contributed by atoms with van der Waals surface area (Å²) in [4.78, 5) is 9.77. The lowest BCUT2D eigenvalue weighted by Crippen LogP contribution is -2.18. The van der Waals surface area contributed by atoms with Crippen molar-refractivity contribution in [2.45, 2.75) is 0 Å². The Morgan fingerprint density at radius 3 is 2.75 bits per heavy atom. The van der Waals surface area contributed by atoms with Crippen LogP contribution in [0.5, 0.6) is 0 Å². The minimum atomic E-state index is -0.510. The van der Waals surface area contributed by atoms with E-state index in [1.165, 1.54) is 18.2 Å². The van der Waals surface area contributed by atoms with Crippen molar-refractivity contribution in [1.82, 2.24) is 0 Å². The van der Waals surface area contributed by atoms with E-state index in [-0.39, 0.29) is 5.69 Å². The number of nitro groups is 1. The fourth-order valence-electron chi connectivity index (χ4n) is 0.739. The van der Waals surface area contributed by atoms with Crippen molar-refractivity contribution in [2.75, 3.05) is 4.53 Å². The van der Waals surface area contributed by atoms with Gasteiger partial charge in [0.2, 0.25) is 0 Å². The van der Waals surface area contributed by atoms with Gasteiger partial charge in [-0.25, -0.2) is 10.4 Å². The van der Waals surface area contributed by atoms with Crippen molar-refractivity contribution in [3.63, 3.8) is 0 Å². The molecule has 1 aromatic rings. The Kier molecular flexibility index (Phi) is 2.47. The van der Waals surface area contributed by atoms with Crippen molar-refractivity contribution in [3.05, 3.63) is 34.4 Å². The fourth-order valence-corrected chi connectivity index (χ4v) is 0.845. The van der Waals surface area contributed by atoms with Gasteiger partial charge in [0.25, 0.3) is 5.69 Å². The van der Waals surface area contributed by atoms with E-state index in [0.717, 1.165) is 4.53 Å². The zero-order valence-corrected chi connectivity index (χ0v) is 6.73. The van der Waals surface area contributed by atoms with E-state index in [1.54, 1.807) is 6.07 Å². The molecule has 2 N–H and O–H groups in total. The Morgan fingerprint density at radius 2 is 2.25 bits per heavy atom. The van der Waals surface area contributed by atoms with Gasteiger partial charge >= 0.3 is 0 Å². The van der Waals surface area contributed by atoms with Crippen LogP contribution in [0, 0.1) is 10.1 Å². The van der Waals surface area contributed by atoms with Crippen LogP contribution in [0.4, 0.5) is 11.4 Å². The fraction of sp³-hybridized carbons (Fsp3) is 0. The van der Waals surface area contributed by atoms with E-state index in [1.807, 2.05) is 0 Å². The molecule has 0 amide bonds. The first-order chi connectivity index (χ1) is 5.61. The van der Waals surface area contributed by atoms with Crippen molar-refractivity contribution in [3.8, 4) is 0 Å². The first-order valence-electron chi connectivity index (χ1n) is 3.06. The number of non-ortho nitro benzene ring substituents is 1. The second-order valence-corrected chi connectivity index (χ2v) is 2.45. The highest BCUT2D eigenvalue weighted by Gasteiger charge is 2.06. The second-order valence-electron chi connectivity index (χ2n) is 2.09. The summed E-state index contributed by atoms with van der Waals surface area (Å²) in [5.41, 5.74) is 0.342. The molecule has 0 unspecified atom stereocenters. The van der Waals surface area contributed by atoms with E-state index in [0.29, 0.717) is 5.69 Å². The number of hydrogen-bond acceptors (Lipinski definition) is 4. The molecule has 0 radical (unpaired) electrons. The van der Waals surface area contributed by atoms with Crippen LogP contribution in [0.15, 0.2) is 24.3 Å². The molecule has 0 saturated carbocycles. The maximum Gasteiger partial charge on any atom is 0.271 e. The van der Waals surface area contributed by atoms with E-state index in [2.05, 4.69) is 0 Å². The van der Waals surface area contributed by atoms with Gasteiger partial charge in [0.15, 0.2) is 0 Å². The van der Waals surface area contributed by atoms with Crippen LogP contribution in [-0.2, 0) is 0 Å². The summed E-state index contributed by atoms with van der Waals surface area (Å²) in [5.74, 6) is 5.16. The molecule has 0 heterocycles. The summed E-state index contributed by atoms with van der Waals surface area (Å²) >= 11 is 5.37. The van der Waals surface area contributed by atoms with Crippen LogP contribution in [-0.4, -0.2) is 4.92 Å². The number of benzene rings is 1. The van der Waals surface area contributed by atoms with Gasteiger partial charge in [-0.2, -0.15) is 0 Å². The molecular weight excluding hydrogens is 182 g/mol. The molecule has 0 bridgehead atoms. The molecule has 5 nitrogen and oxygen atoms in total. The first-order valence-corrected chi connectivity index (χ1v) is 3.40. The third-order valence-electron chi connectivity index (χ3n) is 1.29. The highest BCUT2D eigenvalue weighted by molar-refractivity contribution is 6.24. The summed E-state index contributed by atoms with van der Waals surface area (Å²) in [6, 6.07) is 5.73. The van der Waals surface area contributed by atoms with Crippen LogP contribution in [0.2, 0.25) is 0 Å². The number of nitrogens with two attached hydrogens (primary N) is 1. The summed E-state index contributed by atoms with van der Waals surface area (Å²) in [5, 5.41) is 10.3. The number of halogens is 1. The maximum atomic E-state index is 10.3. The zero-order valence-electron chi connectivity index (χ0n) is 5.98. The molecule has 0 spiro atoms. The average Bonchev–Trinajstić information content (AvgIpc) is 2.04. The second kappa shape index (κ2) is 3.38. The number of hydrogen-bond donors (Lipinski definition) is 1. The Balaban J connectivity index is 3.04. The van der Waals surface area contributed by atoms with Crippen LogP contribution < -0.4 is 10.4 Å². The third-order valence-corrected chi connectivity index (χ3v) is 1.48. The largest absolute Gasteiger partial charge is 0.271 e. The Morgan fingerprint density at radius 1 is 1.58 bits per heavy atom. The minimum Gasteiger partial charge on any atom is -0.258 e. The summed E-state index contributed by atoms with van der Waals surface area (Å²) in [7, 11) is 0. The average molecular weight is 188 g/mol. The normalized spacial score (nSPS) is 9.50. The summed E-state index contributed by atoms with van der Waals surface area (Å²) in [6.45, 7) is 0. The maximum absolute atomic E-state index is 10.3. The quantitative estimate of drug-likeness (QED) is 0.329. The number of anilines is 1. The smallest absolute Gasteiger partial charge is 0.258 e. The summed E-state index contributed by atoms with van der Waals surface area (Å²) in [6.07, 6.45) is 0. The molecule has 0 saturated heterocycles. The van der Waals surface area contributed by atoms with E-state index < -0.39 is 4.92 Å². The van der Waals surface area contributed by atoms with Crippen LogP contribution in [0.1, 0.15) is 0 Å². The molecule has 0 aliphatic heterocycles. The molecule has 6 heteroatoms. The molecule has 0 aliphatic carbocycles. The van der Waals surface area contributed by atoms with Gasteiger partial charge in [0.05, 0.1) is 10.6 Å². The standard InChI is InChI=1S/C6H6ClN3O2/c7-9(8)5-2-1-3-6(4-5)10(11)12/h1-4H,8H2. The lowest BCUT2D eigenvalue weighted by Gasteiger charge is -2.06. The number of nitro benzene ring substituents is 1. The monoisotopic (exact) mass is 187 g/mol. The van der Waals surface area contributed by atoms with Gasteiger partial charge in [0, 0.05) is 23.9 Å². The highest BCUT2D eigenvalue weighted by Crippen LogP contribution is 2.19. The molecule has 0 atom stereocenters. The van der Waals surface area contributed by atoms with E-state index >= 15 is 0 Å². The summed E-state index contributed by atoms with van der Waals surface area (Å²) < 4.78 is 0.799. The molecular formula is C6H6ClN3O2. The topological polar surface area (TPSA) is 72.4 Å². The Labute approximate surface area is 73.6 Å². The van der Waals surface area contributed by atoms with Crippen LogP contribution in [0.3, 0.4) is 0 Å². The minimum absolute atomic E-state index is 0.0383. The lowest BCUT2D eigenvalue weighted by molar-refractivity contribution is -0.384. The molecule has 0 fully saturated rings. The number of rotatable bonds is 2. The van der Waals surface area contributed by atoms with E-state index in [9.17, 15) is 10.1 Å². The lowest BCUT2D eigenvalue weighted by atomic mass is 10.3. The molecule has 1 rings (SSSR count). The molecule has 12 heavy (non-hydrogen) atoms. The van der Waals surface area contributed by atoms with Gasteiger partial charge in [-0.15, -0.1) is 0 Å². The predicted molar refractivity (Wildman–Crippen MR) is 45.6 cm³/mol. The van der Waals surface area contributed by atoms with Gasteiger partial charge in [-0.05, 0) is 6.07 Å². The van der Waals surface area contributed by atoms with Gasteiger partial charge in [-0.3, -0.25) is 10.1 Å². The van der Waals surface area contributed by atoms with Crippen molar-refractivity contribution < 1.29 is 4.92 Å². The Bertz CT molecular complexity index is 303. The van der Waals surface area contributed by atoms with Gasteiger partial charge in [0.1, 0.15) is 0 Å². The van der Waals surface area contributed by atoms with Gasteiger partial charge < -0.3 is 0 Å². The highest BCUT2D eigenvalue weighted by atomic mass is 35.5. The number of hydrazine groups is 1. The SMILES string of the molecule is NN(Cl)c1cccc([N+](=O)[O-])c1. The third kappa shape index (κ3) is 1.84. The van der Waals surface area contributed by atoms with Crippen LogP contribution >= 0.6 is 11.8 Å². The van der Waals surface area contributed by atoms with Crippen molar-refractivity contribution in [1.29, 1.82) is 0 Å². The number of nitrogens with zero attached hydrogens (tertiary/aromatic N) is 2.